The lowest BCUT2D eigenvalue weighted by atomic mass is 10.1. The smallest absolute Gasteiger partial charge is 0.248 e. The molecule has 0 saturated heterocycles. The van der Waals surface area contributed by atoms with E-state index in [1.807, 2.05) is 17.5 Å². The Morgan fingerprint density at radius 2 is 2.12 bits per heavy atom. The number of nitrogens with two attached hydrogens (primary N) is 1. The molecule has 128 valence electrons. The normalized spacial score (nSPS) is 10.6. The van der Waals surface area contributed by atoms with Crippen LogP contribution in [0.4, 0.5) is 0 Å². The molecule has 0 saturated carbocycles. The number of carbonyl (C=O) groups is 2. The summed E-state index contributed by atoms with van der Waals surface area (Å²) in [7, 11) is 0. The van der Waals surface area contributed by atoms with Gasteiger partial charge in [-0.15, -0.1) is 11.3 Å². The van der Waals surface area contributed by atoms with Gasteiger partial charge in [-0.1, -0.05) is 12.1 Å². The summed E-state index contributed by atoms with van der Waals surface area (Å²) in [6.07, 6.45) is 2.44. The second-order valence-corrected chi connectivity index (χ2v) is 6.32. The Hall–Kier alpha value is -2.93. The largest absolute Gasteiger partial charge is 0.462 e. The lowest BCUT2D eigenvalue weighted by Gasteiger charge is -2.05. The second kappa shape index (κ2) is 7.76. The fourth-order valence-corrected chi connectivity index (χ4v) is 3.14. The van der Waals surface area contributed by atoms with Gasteiger partial charge < -0.3 is 15.5 Å². The van der Waals surface area contributed by atoms with Crippen molar-refractivity contribution in [3.63, 3.8) is 0 Å². The summed E-state index contributed by atoms with van der Waals surface area (Å²) in [5.41, 5.74) is 7.39. The highest BCUT2D eigenvalue weighted by Crippen LogP contribution is 2.24. The Morgan fingerprint density at radius 3 is 2.88 bits per heavy atom. The number of hydrogen-bond donors (Lipinski definition) is 2. The number of rotatable bonds is 7. The van der Waals surface area contributed by atoms with E-state index in [4.69, 9.17) is 10.2 Å². The molecule has 25 heavy (non-hydrogen) atoms. The highest BCUT2D eigenvalue weighted by atomic mass is 32.1. The topological polar surface area (TPSA) is 98.2 Å². The first-order chi connectivity index (χ1) is 12.1. The number of thiazole rings is 1. The summed E-state index contributed by atoms with van der Waals surface area (Å²) in [6, 6.07) is 10.7. The van der Waals surface area contributed by atoms with Gasteiger partial charge in [0.25, 0.3) is 0 Å². The summed E-state index contributed by atoms with van der Waals surface area (Å²) < 4.78 is 5.29. The maximum absolute atomic E-state index is 12.0. The zero-order valence-corrected chi connectivity index (χ0v) is 14.2. The molecule has 0 aliphatic carbocycles. The third-order valence-electron chi connectivity index (χ3n) is 3.57. The number of benzene rings is 1. The number of nitrogens with zero attached hydrogens (tertiary/aromatic N) is 1. The molecule has 7 heteroatoms. The fourth-order valence-electron chi connectivity index (χ4n) is 2.35. The molecule has 6 nitrogen and oxygen atoms in total. The Labute approximate surface area is 148 Å². The van der Waals surface area contributed by atoms with Crippen LogP contribution in [0.25, 0.3) is 10.8 Å². The van der Waals surface area contributed by atoms with Crippen molar-refractivity contribution in [2.24, 2.45) is 5.73 Å². The Morgan fingerprint density at radius 1 is 1.24 bits per heavy atom. The van der Waals surface area contributed by atoms with Crippen LogP contribution in [0.5, 0.6) is 0 Å². The molecule has 0 unspecified atom stereocenters. The maximum Gasteiger partial charge on any atom is 0.248 e. The van der Waals surface area contributed by atoms with Crippen molar-refractivity contribution in [2.45, 2.75) is 12.8 Å². The van der Waals surface area contributed by atoms with Crippen LogP contribution >= 0.6 is 11.3 Å². The fraction of sp³-hybridized carbons (Fsp3) is 0.167. The Balaban J connectivity index is 1.48. The lowest BCUT2D eigenvalue weighted by molar-refractivity contribution is -0.120. The van der Waals surface area contributed by atoms with E-state index in [2.05, 4.69) is 10.3 Å². The lowest BCUT2D eigenvalue weighted by Crippen LogP contribution is -2.27. The molecule has 2 amide bonds. The quantitative estimate of drug-likeness (QED) is 0.680. The molecule has 0 fully saturated rings. The minimum absolute atomic E-state index is 0.0950. The van der Waals surface area contributed by atoms with Gasteiger partial charge in [-0.3, -0.25) is 9.59 Å². The van der Waals surface area contributed by atoms with Crippen LogP contribution in [0.1, 0.15) is 21.6 Å². The van der Waals surface area contributed by atoms with E-state index in [0.29, 0.717) is 30.0 Å². The molecule has 2 heterocycles. The van der Waals surface area contributed by atoms with Crippen molar-refractivity contribution in [1.29, 1.82) is 0 Å². The van der Waals surface area contributed by atoms with Crippen LogP contribution in [0.2, 0.25) is 0 Å². The highest BCUT2D eigenvalue weighted by molar-refractivity contribution is 7.13. The van der Waals surface area contributed by atoms with Crippen LogP contribution in [0, 0.1) is 0 Å². The van der Waals surface area contributed by atoms with E-state index in [-0.39, 0.29) is 12.3 Å². The Kier molecular flexibility index (Phi) is 5.25. The van der Waals surface area contributed by atoms with Crippen molar-refractivity contribution in [3.05, 3.63) is 64.9 Å². The van der Waals surface area contributed by atoms with Crippen LogP contribution in [-0.4, -0.2) is 23.3 Å². The summed E-state index contributed by atoms with van der Waals surface area (Å²) in [5, 5.41) is 5.47. The van der Waals surface area contributed by atoms with Gasteiger partial charge in [-0.2, -0.15) is 0 Å². The molecule has 0 aliphatic heterocycles. The Bertz CT molecular complexity index is 871. The van der Waals surface area contributed by atoms with Gasteiger partial charge >= 0.3 is 0 Å². The number of hydrogen-bond acceptors (Lipinski definition) is 5. The molecule has 1 aromatic carbocycles. The zero-order valence-electron chi connectivity index (χ0n) is 13.4. The molecule has 3 aromatic rings. The summed E-state index contributed by atoms with van der Waals surface area (Å²) in [4.78, 5) is 27.6. The van der Waals surface area contributed by atoms with Crippen molar-refractivity contribution in [3.8, 4) is 10.8 Å². The first kappa shape index (κ1) is 16.9. The minimum Gasteiger partial charge on any atom is -0.462 e. The van der Waals surface area contributed by atoms with Crippen LogP contribution < -0.4 is 11.1 Å². The first-order valence-electron chi connectivity index (χ1n) is 7.75. The van der Waals surface area contributed by atoms with Crippen molar-refractivity contribution >= 4 is 23.2 Å². The van der Waals surface area contributed by atoms with E-state index < -0.39 is 5.91 Å². The third kappa shape index (κ3) is 4.54. The van der Waals surface area contributed by atoms with E-state index in [1.165, 1.54) is 11.3 Å². The standard InChI is InChI=1S/C18H17N3O3S/c19-17(23)13-4-1-3-12(9-13)6-7-20-16(22)10-14-11-25-18(21-14)15-5-2-8-24-15/h1-5,8-9,11H,6-7,10H2,(H2,19,23)(H,20,22). The van der Waals surface area contributed by atoms with Gasteiger partial charge in [-0.25, -0.2) is 4.98 Å². The van der Waals surface area contributed by atoms with Gasteiger partial charge in [0.05, 0.1) is 18.4 Å². The van der Waals surface area contributed by atoms with Gasteiger partial charge in [0.1, 0.15) is 0 Å². The third-order valence-corrected chi connectivity index (χ3v) is 4.48. The number of carbonyl (C=O) groups excluding carboxylic acids is 2. The van der Waals surface area contributed by atoms with Gasteiger partial charge in [0, 0.05) is 17.5 Å². The molecule has 3 rings (SSSR count). The van der Waals surface area contributed by atoms with Gasteiger partial charge in [0.15, 0.2) is 10.8 Å². The first-order valence-corrected chi connectivity index (χ1v) is 8.63. The molecule has 0 bridgehead atoms. The number of furan rings is 1. The van der Waals surface area contributed by atoms with E-state index in [0.717, 1.165) is 10.6 Å². The van der Waals surface area contributed by atoms with Crippen molar-refractivity contribution in [1.82, 2.24) is 10.3 Å². The van der Waals surface area contributed by atoms with Crippen LogP contribution in [0.3, 0.4) is 0 Å². The predicted molar refractivity (Wildman–Crippen MR) is 95.2 cm³/mol. The summed E-state index contributed by atoms with van der Waals surface area (Å²) >= 11 is 1.45. The molecule has 2 aromatic heterocycles. The molecule has 0 atom stereocenters. The van der Waals surface area contributed by atoms with E-state index in [1.54, 1.807) is 30.5 Å². The summed E-state index contributed by atoms with van der Waals surface area (Å²) in [5.74, 6) is 0.148. The number of aromatic nitrogens is 1. The average molecular weight is 355 g/mol. The minimum atomic E-state index is -0.457. The molecule has 0 spiro atoms. The average Bonchev–Trinajstić information content (AvgIpc) is 3.26. The van der Waals surface area contributed by atoms with Crippen LogP contribution in [0.15, 0.2) is 52.5 Å². The van der Waals surface area contributed by atoms with Gasteiger partial charge in [-0.05, 0) is 36.2 Å². The molecular weight excluding hydrogens is 338 g/mol. The monoisotopic (exact) mass is 355 g/mol. The van der Waals surface area contributed by atoms with E-state index in [9.17, 15) is 9.59 Å². The predicted octanol–water partition coefficient (Wildman–Crippen LogP) is 2.40. The van der Waals surface area contributed by atoms with Crippen molar-refractivity contribution in [2.75, 3.05) is 6.54 Å². The number of nitrogens with one attached hydrogen (secondary N) is 1. The maximum atomic E-state index is 12.0. The molecule has 3 N–H and O–H groups in total. The number of primary amides is 1. The SMILES string of the molecule is NC(=O)c1cccc(CCNC(=O)Cc2csc(-c3ccco3)n2)c1. The van der Waals surface area contributed by atoms with Crippen LogP contribution in [-0.2, 0) is 17.6 Å². The number of amides is 2. The molecule has 0 radical (unpaired) electrons. The molecule has 0 aliphatic rings. The van der Waals surface area contributed by atoms with E-state index >= 15 is 0 Å². The van der Waals surface area contributed by atoms with Crippen molar-refractivity contribution < 1.29 is 14.0 Å². The highest BCUT2D eigenvalue weighted by Gasteiger charge is 2.10. The second-order valence-electron chi connectivity index (χ2n) is 5.46. The summed E-state index contributed by atoms with van der Waals surface area (Å²) in [6.45, 7) is 0.482. The molecular formula is C18H17N3O3S. The zero-order chi connectivity index (χ0) is 17.6. The van der Waals surface area contributed by atoms with Gasteiger partial charge in [0.2, 0.25) is 11.8 Å².